The first-order chi connectivity index (χ1) is 11.6. The fraction of sp³-hybridized carbons (Fsp3) is 0.118. The average molecular weight is 343 g/mol. The molecule has 2 rings (SSSR count). The molecule has 124 valence electrons. The summed E-state index contributed by atoms with van der Waals surface area (Å²) in [6.07, 6.45) is 1.61. The van der Waals surface area contributed by atoms with Crippen molar-refractivity contribution in [3.63, 3.8) is 0 Å². The standard InChI is InChI=1S/C17H17N3O3S/c1-22-15-9-4-3-6-13(15)11-18-20-17(24)19-14-8-5-7-12(10-14)16(21)23-2/h3-11H,1-2H3,(H2,19,20,24)/b18-11-. The number of anilines is 1. The smallest absolute Gasteiger partial charge is 0.337 e. The summed E-state index contributed by atoms with van der Waals surface area (Å²) in [5.74, 6) is 0.305. The quantitative estimate of drug-likeness (QED) is 0.376. The van der Waals surface area contributed by atoms with Gasteiger partial charge in [-0.2, -0.15) is 5.10 Å². The minimum atomic E-state index is -0.410. The van der Waals surface area contributed by atoms with Crippen LogP contribution in [-0.2, 0) is 4.74 Å². The predicted molar refractivity (Wildman–Crippen MR) is 97.7 cm³/mol. The molecule has 0 aliphatic rings. The van der Waals surface area contributed by atoms with Crippen LogP contribution in [-0.4, -0.2) is 31.5 Å². The Hall–Kier alpha value is -2.93. The molecule has 0 amide bonds. The van der Waals surface area contributed by atoms with Crippen LogP contribution in [0.5, 0.6) is 5.75 Å². The van der Waals surface area contributed by atoms with Crippen LogP contribution in [0.3, 0.4) is 0 Å². The Labute approximate surface area is 145 Å². The Balaban J connectivity index is 1.96. The van der Waals surface area contributed by atoms with Gasteiger partial charge >= 0.3 is 5.97 Å². The highest BCUT2D eigenvalue weighted by Gasteiger charge is 2.06. The molecule has 2 aromatic rings. The van der Waals surface area contributed by atoms with Crippen molar-refractivity contribution in [1.82, 2.24) is 5.43 Å². The highest BCUT2D eigenvalue weighted by atomic mass is 32.1. The molecule has 6 nitrogen and oxygen atoms in total. The summed E-state index contributed by atoms with van der Waals surface area (Å²) >= 11 is 5.17. The van der Waals surface area contributed by atoms with Crippen LogP contribution in [0.4, 0.5) is 5.69 Å². The number of ether oxygens (including phenoxy) is 2. The van der Waals surface area contributed by atoms with Gasteiger partial charge in [-0.15, -0.1) is 0 Å². The number of hydrogen-bond donors (Lipinski definition) is 2. The number of nitrogens with zero attached hydrogens (tertiary/aromatic N) is 1. The molecule has 0 unspecified atom stereocenters. The number of nitrogens with one attached hydrogen (secondary N) is 2. The predicted octanol–water partition coefficient (Wildman–Crippen LogP) is 2.80. The molecule has 0 bridgehead atoms. The minimum absolute atomic E-state index is 0.295. The van der Waals surface area contributed by atoms with Crippen molar-refractivity contribution < 1.29 is 14.3 Å². The van der Waals surface area contributed by atoms with Crippen LogP contribution in [0.1, 0.15) is 15.9 Å². The number of para-hydroxylation sites is 1. The van der Waals surface area contributed by atoms with Crippen LogP contribution in [0.25, 0.3) is 0 Å². The third-order valence-electron chi connectivity index (χ3n) is 3.05. The Bertz CT molecular complexity index is 762. The number of benzene rings is 2. The second-order valence-corrected chi connectivity index (χ2v) is 5.05. The Kier molecular flexibility index (Phi) is 6.27. The summed E-state index contributed by atoms with van der Waals surface area (Å²) in [6.45, 7) is 0. The number of esters is 1. The second-order valence-electron chi connectivity index (χ2n) is 4.64. The number of hydrogen-bond acceptors (Lipinski definition) is 5. The molecule has 0 saturated heterocycles. The van der Waals surface area contributed by atoms with Gasteiger partial charge in [0, 0.05) is 11.3 Å². The van der Waals surface area contributed by atoms with E-state index in [-0.39, 0.29) is 0 Å². The fourth-order valence-corrected chi connectivity index (χ4v) is 2.10. The number of methoxy groups -OCH3 is 2. The van der Waals surface area contributed by atoms with Crippen molar-refractivity contribution in [1.29, 1.82) is 0 Å². The molecule has 0 heterocycles. The van der Waals surface area contributed by atoms with E-state index in [9.17, 15) is 4.79 Å². The van der Waals surface area contributed by atoms with Crippen LogP contribution < -0.4 is 15.5 Å². The Morgan fingerprint density at radius 3 is 2.71 bits per heavy atom. The van der Waals surface area contributed by atoms with E-state index in [0.29, 0.717) is 22.1 Å². The van der Waals surface area contributed by atoms with Gasteiger partial charge in [0.25, 0.3) is 0 Å². The maximum atomic E-state index is 11.5. The van der Waals surface area contributed by atoms with E-state index >= 15 is 0 Å². The lowest BCUT2D eigenvalue weighted by atomic mass is 10.2. The molecule has 0 saturated carbocycles. The molecular weight excluding hydrogens is 326 g/mol. The summed E-state index contributed by atoms with van der Waals surface area (Å²) < 4.78 is 9.91. The van der Waals surface area contributed by atoms with Gasteiger partial charge in [0.05, 0.1) is 26.0 Å². The lowest BCUT2D eigenvalue weighted by molar-refractivity contribution is 0.0601. The lowest BCUT2D eigenvalue weighted by Gasteiger charge is -2.08. The zero-order chi connectivity index (χ0) is 17.4. The lowest BCUT2D eigenvalue weighted by Crippen LogP contribution is -2.24. The summed E-state index contributed by atoms with van der Waals surface area (Å²) in [5.41, 5.74) is 4.62. The highest BCUT2D eigenvalue weighted by molar-refractivity contribution is 7.80. The molecule has 24 heavy (non-hydrogen) atoms. The van der Waals surface area contributed by atoms with Crippen molar-refractivity contribution in [2.45, 2.75) is 0 Å². The Morgan fingerprint density at radius 2 is 1.96 bits per heavy atom. The van der Waals surface area contributed by atoms with E-state index in [1.165, 1.54) is 7.11 Å². The van der Waals surface area contributed by atoms with Crippen molar-refractivity contribution >= 4 is 35.2 Å². The SMILES string of the molecule is COC(=O)c1cccc(NC(=S)N/N=C\c2ccccc2OC)c1. The molecule has 0 aliphatic heterocycles. The number of hydrazone groups is 1. The fourth-order valence-electron chi connectivity index (χ4n) is 1.93. The van der Waals surface area contributed by atoms with Gasteiger partial charge in [0.2, 0.25) is 0 Å². The zero-order valence-electron chi connectivity index (χ0n) is 13.3. The Morgan fingerprint density at radius 1 is 1.17 bits per heavy atom. The molecule has 0 fully saturated rings. The van der Waals surface area contributed by atoms with Gasteiger partial charge in [-0.1, -0.05) is 18.2 Å². The third-order valence-corrected chi connectivity index (χ3v) is 3.24. The summed E-state index contributed by atoms with van der Waals surface area (Å²) in [7, 11) is 2.93. The van der Waals surface area contributed by atoms with Gasteiger partial charge in [0.15, 0.2) is 5.11 Å². The molecule has 0 radical (unpaired) electrons. The van der Waals surface area contributed by atoms with Crippen molar-refractivity contribution in [2.24, 2.45) is 5.10 Å². The van der Waals surface area contributed by atoms with Gasteiger partial charge in [-0.3, -0.25) is 5.43 Å². The molecule has 0 atom stereocenters. The van der Waals surface area contributed by atoms with Gasteiger partial charge < -0.3 is 14.8 Å². The third kappa shape index (κ3) is 4.79. The number of carbonyl (C=O) groups is 1. The van der Waals surface area contributed by atoms with Gasteiger partial charge in [0.1, 0.15) is 5.75 Å². The van der Waals surface area contributed by atoms with Crippen molar-refractivity contribution in [2.75, 3.05) is 19.5 Å². The van der Waals surface area contributed by atoms with Crippen LogP contribution in [0.15, 0.2) is 53.6 Å². The average Bonchev–Trinajstić information content (AvgIpc) is 2.61. The van der Waals surface area contributed by atoms with E-state index in [2.05, 4.69) is 20.6 Å². The van der Waals surface area contributed by atoms with Gasteiger partial charge in [-0.05, 0) is 42.5 Å². The molecule has 0 aromatic heterocycles. The molecule has 0 aliphatic carbocycles. The normalized spacial score (nSPS) is 10.2. The molecule has 0 spiro atoms. The highest BCUT2D eigenvalue weighted by Crippen LogP contribution is 2.14. The van der Waals surface area contributed by atoms with E-state index in [1.54, 1.807) is 37.6 Å². The van der Waals surface area contributed by atoms with Crippen LogP contribution >= 0.6 is 12.2 Å². The van der Waals surface area contributed by atoms with E-state index < -0.39 is 5.97 Å². The van der Waals surface area contributed by atoms with E-state index in [1.807, 2.05) is 24.3 Å². The van der Waals surface area contributed by atoms with E-state index in [0.717, 1.165) is 5.56 Å². The first kappa shape index (κ1) is 17.4. The first-order valence-corrected chi connectivity index (χ1v) is 7.46. The number of carbonyl (C=O) groups excluding carboxylic acids is 1. The maximum absolute atomic E-state index is 11.5. The summed E-state index contributed by atoms with van der Waals surface area (Å²) in [6, 6.07) is 14.3. The number of thiocarbonyl (C=S) groups is 1. The molecular formula is C17H17N3O3S. The maximum Gasteiger partial charge on any atom is 0.337 e. The van der Waals surface area contributed by atoms with Crippen LogP contribution in [0, 0.1) is 0 Å². The second kappa shape index (κ2) is 8.64. The topological polar surface area (TPSA) is 72.0 Å². The summed E-state index contributed by atoms with van der Waals surface area (Å²) in [4.78, 5) is 11.5. The zero-order valence-corrected chi connectivity index (χ0v) is 14.1. The first-order valence-electron chi connectivity index (χ1n) is 7.05. The van der Waals surface area contributed by atoms with Crippen molar-refractivity contribution in [3.05, 3.63) is 59.7 Å². The summed E-state index contributed by atoms with van der Waals surface area (Å²) in [5, 5.41) is 7.31. The van der Waals surface area contributed by atoms with Gasteiger partial charge in [-0.25, -0.2) is 4.79 Å². The minimum Gasteiger partial charge on any atom is -0.496 e. The van der Waals surface area contributed by atoms with Crippen LogP contribution in [0.2, 0.25) is 0 Å². The van der Waals surface area contributed by atoms with Crippen molar-refractivity contribution in [3.8, 4) is 5.75 Å². The molecule has 2 N–H and O–H groups in total. The van der Waals surface area contributed by atoms with E-state index in [4.69, 9.17) is 17.0 Å². The number of rotatable bonds is 5. The monoisotopic (exact) mass is 343 g/mol. The molecule has 7 heteroatoms. The molecule has 2 aromatic carbocycles. The largest absolute Gasteiger partial charge is 0.496 e.